The van der Waals surface area contributed by atoms with Crippen LogP contribution >= 0.6 is 0 Å². The molecule has 82 valence electrons. The lowest BCUT2D eigenvalue weighted by Gasteiger charge is -2.07. The first kappa shape index (κ1) is 10.2. The SMILES string of the molecule is COc1nnc(CC2CCOC2)cc1N. The summed E-state index contributed by atoms with van der Waals surface area (Å²) in [5.41, 5.74) is 7.20. The van der Waals surface area contributed by atoms with E-state index in [2.05, 4.69) is 10.2 Å². The van der Waals surface area contributed by atoms with Gasteiger partial charge in [-0.1, -0.05) is 0 Å². The van der Waals surface area contributed by atoms with Gasteiger partial charge in [0.1, 0.15) is 0 Å². The minimum atomic E-state index is 0.390. The van der Waals surface area contributed by atoms with Gasteiger partial charge >= 0.3 is 0 Å². The van der Waals surface area contributed by atoms with E-state index in [-0.39, 0.29) is 0 Å². The Hall–Kier alpha value is -1.36. The van der Waals surface area contributed by atoms with Crippen molar-refractivity contribution in [2.45, 2.75) is 12.8 Å². The Morgan fingerprint density at radius 2 is 2.47 bits per heavy atom. The smallest absolute Gasteiger partial charge is 0.256 e. The topological polar surface area (TPSA) is 70.3 Å². The third-order valence-electron chi connectivity index (χ3n) is 2.55. The zero-order chi connectivity index (χ0) is 10.7. The third-order valence-corrected chi connectivity index (χ3v) is 2.55. The van der Waals surface area contributed by atoms with Crippen LogP contribution in [0.2, 0.25) is 0 Å². The number of methoxy groups -OCH3 is 1. The number of rotatable bonds is 3. The Labute approximate surface area is 88.6 Å². The van der Waals surface area contributed by atoms with Gasteiger partial charge in [0.2, 0.25) is 0 Å². The molecular formula is C10H15N3O2. The molecule has 1 aliphatic heterocycles. The van der Waals surface area contributed by atoms with Crippen molar-refractivity contribution in [3.05, 3.63) is 11.8 Å². The Kier molecular flexibility index (Phi) is 3.01. The molecule has 0 aromatic carbocycles. The molecule has 1 saturated heterocycles. The van der Waals surface area contributed by atoms with Gasteiger partial charge in [0, 0.05) is 13.2 Å². The molecule has 1 unspecified atom stereocenters. The van der Waals surface area contributed by atoms with Gasteiger partial charge in [-0.2, -0.15) is 5.10 Å². The molecule has 1 fully saturated rings. The zero-order valence-electron chi connectivity index (χ0n) is 8.77. The highest BCUT2D eigenvalue weighted by Gasteiger charge is 2.17. The number of nitrogens with zero attached hydrogens (tertiary/aromatic N) is 2. The molecule has 5 nitrogen and oxygen atoms in total. The lowest BCUT2D eigenvalue weighted by atomic mass is 10.0. The predicted octanol–water partition coefficient (Wildman–Crippen LogP) is 0.646. The van der Waals surface area contributed by atoms with Crippen molar-refractivity contribution in [1.82, 2.24) is 10.2 Å². The summed E-state index contributed by atoms with van der Waals surface area (Å²) in [7, 11) is 1.53. The number of ether oxygens (including phenoxy) is 2. The predicted molar refractivity (Wildman–Crippen MR) is 55.6 cm³/mol. The highest BCUT2D eigenvalue weighted by molar-refractivity contribution is 5.47. The van der Waals surface area contributed by atoms with Gasteiger partial charge in [0.15, 0.2) is 0 Å². The van der Waals surface area contributed by atoms with Gasteiger partial charge in [-0.25, -0.2) is 0 Å². The van der Waals surface area contributed by atoms with Crippen molar-refractivity contribution >= 4 is 5.69 Å². The quantitative estimate of drug-likeness (QED) is 0.791. The maximum absolute atomic E-state index is 5.75. The Bertz CT molecular complexity index is 337. The first-order chi connectivity index (χ1) is 7.29. The van der Waals surface area contributed by atoms with Gasteiger partial charge in [-0.3, -0.25) is 0 Å². The summed E-state index contributed by atoms with van der Waals surface area (Å²) < 4.78 is 10.2. The van der Waals surface area contributed by atoms with Crippen molar-refractivity contribution < 1.29 is 9.47 Å². The highest BCUT2D eigenvalue weighted by atomic mass is 16.5. The number of nitrogen functional groups attached to an aromatic ring is 1. The summed E-state index contributed by atoms with van der Waals surface area (Å²) >= 11 is 0. The van der Waals surface area contributed by atoms with Crippen molar-refractivity contribution in [1.29, 1.82) is 0 Å². The summed E-state index contributed by atoms with van der Waals surface area (Å²) in [6, 6.07) is 1.82. The van der Waals surface area contributed by atoms with Crippen LogP contribution in [-0.2, 0) is 11.2 Å². The zero-order valence-corrected chi connectivity index (χ0v) is 8.77. The van der Waals surface area contributed by atoms with E-state index < -0.39 is 0 Å². The van der Waals surface area contributed by atoms with Crippen LogP contribution < -0.4 is 10.5 Å². The molecule has 0 radical (unpaired) electrons. The molecule has 1 aromatic heterocycles. The van der Waals surface area contributed by atoms with Gasteiger partial charge in [-0.05, 0) is 24.8 Å². The molecule has 0 aliphatic carbocycles. The molecule has 5 heteroatoms. The van der Waals surface area contributed by atoms with E-state index >= 15 is 0 Å². The Morgan fingerprint density at radius 3 is 3.07 bits per heavy atom. The molecular weight excluding hydrogens is 194 g/mol. The molecule has 0 amide bonds. The van der Waals surface area contributed by atoms with Crippen LogP contribution in [0.5, 0.6) is 5.88 Å². The first-order valence-electron chi connectivity index (χ1n) is 5.03. The summed E-state index contributed by atoms with van der Waals surface area (Å²) in [5, 5.41) is 7.96. The number of aromatic nitrogens is 2. The molecule has 2 rings (SSSR count). The second-order valence-electron chi connectivity index (χ2n) is 3.73. The van der Waals surface area contributed by atoms with Gasteiger partial charge < -0.3 is 15.2 Å². The highest BCUT2D eigenvalue weighted by Crippen LogP contribution is 2.21. The van der Waals surface area contributed by atoms with E-state index in [1.54, 1.807) is 0 Å². The molecule has 15 heavy (non-hydrogen) atoms. The Balaban J connectivity index is 2.05. The average molecular weight is 209 g/mol. The Morgan fingerprint density at radius 1 is 1.60 bits per heavy atom. The standard InChI is InChI=1S/C10H15N3O2/c1-14-10-9(11)5-8(12-13-10)4-7-2-3-15-6-7/h5,7H,2-4,6H2,1H3,(H2,11,12). The maximum atomic E-state index is 5.75. The van der Waals surface area contributed by atoms with Gasteiger partial charge in [0.25, 0.3) is 5.88 Å². The molecule has 0 saturated carbocycles. The fraction of sp³-hybridized carbons (Fsp3) is 0.600. The van der Waals surface area contributed by atoms with Crippen molar-refractivity contribution in [2.24, 2.45) is 5.92 Å². The van der Waals surface area contributed by atoms with Crippen LogP contribution in [-0.4, -0.2) is 30.5 Å². The normalized spacial score (nSPS) is 20.5. The minimum absolute atomic E-state index is 0.390. The van der Waals surface area contributed by atoms with E-state index in [1.807, 2.05) is 6.07 Å². The largest absolute Gasteiger partial charge is 0.478 e. The summed E-state index contributed by atoms with van der Waals surface area (Å²) in [4.78, 5) is 0. The molecule has 1 aromatic rings. The minimum Gasteiger partial charge on any atom is -0.478 e. The van der Waals surface area contributed by atoms with E-state index in [4.69, 9.17) is 15.2 Å². The van der Waals surface area contributed by atoms with Gasteiger partial charge in [0.05, 0.1) is 18.5 Å². The van der Waals surface area contributed by atoms with Crippen LogP contribution in [0.1, 0.15) is 12.1 Å². The van der Waals surface area contributed by atoms with Crippen molar-refractivity contribution in [3.63, 3.8) is 0 Å². The summed E-state index contributed by atoms with van der Waals surface area (Å²) in [5.74, 6) is 0.938. The number of nitrogens with two attached hydrogens (primary N) is 1. The van der Waals surface area contributed by atoms with Crippen LogP contribution in [0.3, 0.4) is 0 Å². The fourth-order valence-corrected chi connectivity index (χ4v) is 1.74. The molecule has 1 aliphatic rings. The van der Waals surface area contributed by atoms with Gasteiger partial charge in [-0.15, -0.1) is 5.10 Å². The molecule has 2 heterocycles. The van der Waals surface area contributed by atoms with E-state index in [0.29, 0.717) is 17.5 Å². The van der Waals surface area contributed by atoms with E-state index in [0.717, 1.165) is 31.7 Å². The lowest BCUT2D eigenvalue weighted by molar-refractivity contribution is 0.185. The molecule has 0 bridgehead atoms. The maximum Gasteiger partial charge on any atom is 0.256 e. The van der Waals surface area contributed by atoms with Crippen LogP contribution in [0.4, 0.5) is 5.69 Å². The van der Waals surface area contributed by atoms with Crippen molar-refractivity contribution in [2.75, 3.05) is 26.1 Å². The number of hydrogen-bond donors (Lipinski definition) is 1. The summed E-state index contributed by atoms with van der Waals surface area (Å²) in [6.45, 7) is 1.66. The van der Waals surface area contributed by atoms with Crippen LogP contribution in [0.15, 0.2) is 6.07 Å². The second-order valence-corrected chi connectivity index (χ2v) is 3.73. The number of anilines is 1. The number of hydrogen-bond acceptors (Lipinski definition) is 5. The monoisotopic (exact) mass is 209 g/mol. The van der Waals surface area contributed by atoms with Crippen LogP contribution in [0.25, 0.3) is 0 Å². The van der Waals surface area contributed by atoms with E-state index in [9.17, 15) is 0 Å². The molecule has 0 spiro atoms. The lowest BCUT2D eigenvalue weighted by Crippen LogP contribution is -2.07. The van der Waals surface area contributed by atoms with Crippen molar-refractivity contribution in [3.8, 4) is 5.88 Å². The first-order valence-corrected chi connectivity index (χ1v) is 5.03. The third kappa shape index (κ3) is 2.36. The van der Waals surface area contributed by atoms with Crippen LogP contribution in [0, 0.1) is 5.92 Å². The molecule has 2 N–H and O–H groups in total. The fourth-order valence-electron chi connectivity index (χ4n) is 1.74. The average Bonchev–Trinajstić information content (AvgIpc) is 2.71. The van der Waals surface area contributed by atoms with E-state index in [1.165, 1.54) is 7.11 Å². The second kappa shape index (κ2) is 4.44. The summed E-state index contributed by atoms with van der Waals surface area (Å²) in [6.07, 6.45) is 1.97. The molecule has 1 atom stereocenters.